The number of Topliss-reactive ketones (excluding diaryl/α,β-unsaturated/α-hetero) is 1. The van der Waals surface area contributed by atoms with Crippen LogP contribution in [0, 0.1) is 0 Å². The van der Waals surface area contributed by atoms with Crippen molar-refractivity contribution >= 4 is 17.5 Å². The summed E-state index contributed by atoms with van der Waals surface area (Å²) in [6, 6.07) is 30.1. The highest BCUT2D eigenvalue weighted by Crippen LogP contribution is 2.43. The number of ether oxygens (including phenoxy) is 5. The van der Waals surface area contributed by atoms with Crippen LogP contribution in [0.3, 0.4) is 0 Å². The van der Waals surface area contributed by atoms with E-state index in [-0.39, 0.29) is 11.0 Å². The zero-order chi connectivity index (χ0) is 27.0. The molecule has 0 aromatic heterocycles. The van der Waals surface area contributed by atoms with Gasteiger partial charge < -0.3 is 23.7 Å². The summed E-state index contributed by atoms with van der Waals surface area (Å²) >= 11 is 1.46. The topological polar surface area (TPSA) is 63.2 Å². The van der Waals surface area contributed by atoms with E-state index in [2.05, 4.69) is 0 Å². The van der Waals surface area contributed by atoms with E-state index < -0.39 is 24.6 Å². The van der Waals surface area contributed by atoms with Crippen LogP contribution in [-0.2, 0) is 48.3 Å². The predicted molar refractivity (Wildman–Crippen MR) is 151 cm³/mol. The molecule has 204 valence electrons. The standard InChI is InChI=1S/C32H34O6S/c1-22(33)30-23(2)37-32-31(39-30)29(36-20-26-16-10-5-11-17-26)28(35-19-25-14-8-4-9-15-25)27(38-32)21-34-18-24-12-6-3-7-13-24/h3-17,27-29,31-32H,18-21H2,1-2H3/t27-,28-,29+,31+,32-/m1/s1. The van der Waals surface area contributed by atoms with Crippen LogP contribution in [0.2, 0.25) is 0 Å². The first kappa shape index (κ1) is 27.6. The molecule has 6 nitrogen and oxygen atoms in total. The predicted octanol–water partition coefficient (Wildman–Crippen LogP) is 6.05. The third kappa shape index (κ3) is 7.18. The Balaban J connectivity index is 1.40. The van der Waals surface area contributed by atoms with E-state index in [0.29, 0.717) is 37.1 Å². The maximum absolute atomic E-state index is 12.4. The van der Waals surface area contributed by atoms with Crippen molar-refractivity contribution in [1.29, 1.82) is 0 Å². The van der Waals surface area contributed by atoms with Crippen molar-refractivity contribution in [2.45, 2.75) is 63.5 Å². The second-order valence-electron chi connectivity index (χ2n) is 9.71. The fourth-order valence-corrected chi connectivity index (χ4v) is 6.05. The number of ketones is 1. The molecule has 0 amide bonds. The average Bonchev–Trinajstić information content (AvgIpc) is 2.96. The Hall–Kier alpha value is -2.94. The Bertz CT molecular complexity index is 1230. The molecular weight excluding hydrogens is 512 g/mol. The van der Waals surface area contributed by atoms with Gasteiger partial charge in [0, 0.05) is 0 Å². The van der Waals surface area contributed by atoms with Crippen LogP contribution in [0.4, 0.5) is 0 Å². The third-order valence-corrected chi connectivity index (χ3v) is 8.32. The number of hydrogen-bond acceptors (Lipinski definition) is 7. The van der Waals surface area contributed by atoms with Crippen LogP contribution >= 0.6 is 11.8 Å². The van der Waals surface area contributed by atoms with Gasteiger partial charge in [0.05, 0.1) is 31.3 Å². The molecule has 0 radical (unpaired) electrons. The normalized spacial score (nSPS) is 24.6. The summed E-state index contributed by atoms with van der Waals surface area (Å²) in [7, 11) is 0. The quantitative estimate of drug-likeness (QED) is 0.290. The van der Waals surface area contributed by atoms with Crippen molar-refractivity contribution in [3.8, 4) is 0 Å². The first-order valence-electron chi connectivity index (χ1n) is 13.2. The molecule has 0 saturated carbocycles. The van der Waals surface area contributed by atoms with Crippen molar-refractivity contribution in [3.05, 3.63) is 118 Å². The van der Waals surface area contributed by atoms with Crippen LogP contribution in [-0.4, -0.2) is 42.2 Å². The highest BCUT2D eigenvalue weighted by molar-refractivity contribution is 8.04. The smallest absolute Gasteiger partial charge is 0.214 e. The molecule has 0 N–H and O–H groups in total. The average molecular weight is 547 g/mol. The van der Waals surface area contributed by atoms with E-state index in [0.717, 1.165) is 16.7 Å². The van der Waals surface area contributed by atoms with Gasteiger partial charge in [-0.15, -0.1) is 11.8 Å². The number of carbonyl (C=O) groups excluding carboxylic acids is 1. The van der Waals surface area contributed by atoms with E-state index in [9.17, 15) is 4.79 Å². The fraction of sp³-hybridized carbons (Fsp3) is 0.344. The summed E-state index contributed by atoms with van der Waals surface area (Å²) in [6.45, 7) is 4.92. The fourth-order valence-electron chi connectivity index (χ4n) is 4.80. The Morgan fingerprint density at radius 1 is 0.769 bits per heavy atom. The van der Waals surface area contributed by atoms with Crippen molar-refractivity contribution in [2.24, 2.45) is 0 Å². The second kappa shape index (κ2) is 13.4. The zero-order valence-corrected chi connectivity index (χ0v) is 23.0. The molecule has 5 atom stereocenters. The molecule has 7 heteroatoms. The lowest BCUT2D eigenvalue weighted by atomic mass is 10.00. The third-order valence-electron chi connectivity index (χ3n) is 6.74. The summed E-state index contributed by atoms with van der Waals surface area (Å²) in [6.07, 6.45) is -1.90. The molecule has 0 bridgehead atoms. The number of benzene rings is 3. The summed E-state index contributed by atoms with van der Waals surface area (Å²) in [5, 5.41) is -0.289. The number of allylic oxidation sites excluding steroid dienone is 2. The Kier molecular flexibility index (Phi) is 9.50. The van der Waals surface area contributed by atoms with E-state index in [4.69, 9.17) is 23.7 Å². The highest BCUT2D eigenvalue weighted by atomic mass is 32.2. The number of thioether (sulfide) groups is 1. The van der Waals surface area contributed by atoms with Crippen molar-refractivity contribution < 1.29 is 28.5 Å². The minimum Gasteiger partial charge on any atom is -0.467 e. The molecule has 3 aromatic rings. The Labute approximate surface area is 234 Å². The first-order chi connectivity index (χ1) is 19.1. The van der Waals surface area contributed by atoms with Crippen LogP contribution in [0.5, 0.6) is 0 Å². The van der Waals surface area contributed by atoms with Gasteiger partial charge in [0.2, 0.25) is 6.29 Å². The van der Waals surface area contributed by atoms with Crippen molar-refractivity contribution in [1.82, 2.24) is 0 Å². The SMILES string of the molecule is CC(=O)C1=C(C)O[C@@H]2O[C@H](COCc3ccccc3)[C@@H](OCc3ccccc3)[C@H](OCc3ccccc3)[C@@H]2S1. The molecular formula is C32H34O6S. The lowest BCUT2D eigenvalue weighted by molar-refractivity contribution is -0.266. The number of hydrogen-bond donors (Lipinski definition) is 0. The number of rotatable bonds is 11. The maximum Gasteiger partial charge on any atom is 0.214 e. The van der Waals surface area contributed by atoms with Crippen molar-refractivity contribution in [3.63, 3.8) is 0 Å². The van der Waals surface area contributed by atoms with Crippen LogP contribution in [0.15, 0.2) is 102 Å². The lowest BCUT2D eigenvalue weighted by Gasteiger charge is -2.47. The van der Waals surface area contributed by atoms with Gasteiger partial charge in [-0.25, -0.2) is 0 Å². The summed E-state index contributed by atoms with van der Waals surface area (Å²) < 4.78 is 32.0. The van der Waals surface area contributed by atoms with Gasteiger partial charge >= 0.3 is 0 Å². The molecule has 0 aliphatic carbocycles. The molecule has 1 fully saturated rings. The summed E-state index contributed by atoms with van der Waals surface area (Å²) in [5.41, 5.74) is 3.19. The molecule has 2 aliphatic heterocycles. The van der Waals surface area contributed by atoms with E-state index >= 15 is 0 Å². The Morgan fingerprint density at radius 2 is 1.28 bits per heavy atom. The van der Waals surface area contributed by atoms with Gasteiger partial charge in [-0.05, 0) is 30.5 Å². The van der Waals surface area contributed by atoms with Gasteiger partial charge in [-0.2, -0.15) is 0 Å². The molecule has 0 unspecified atom stereocenters. The maximum atomic E-state index is 12.4. The largest absolute Gasteiger partial charge is 0.467 e. The monoisotopic (exact) mass is 546 g/mol. The van der Waals surface area contributed by atoms with Crippen molar-refractivity contribution in [2.75, 3.05) is 6.61 Å². The molecule has 1 saturated heterocycles. The lowest BCUT2D eigenvalue weighted by Crippen LogP contribution is -2.60. The second-order valence-corrected chi connectivity index (χ2v) is 10.9. The van der Waals surface area contributed by atoms with E-state index in [1.165, 1.54) is 11.8 Å². The number of fused-ring (bicyclic) bond motifs is 1. The molecule has 39 heavy (non-hydrogen) atoms. The molecule has 5 rings (SSSR count). The molecule has 2 heterocycles. The molecule has 2 aliphatic rings. The molecule has 3 aromatic carbocycles. The van der Waals surface area contributed by atoms with Crippen LogP contribution < -0.4 is 0 Å². The zero-order valence-electron chi connectivity index (χ0n) is 22.2. The van der Waals surface area contributed by atoms with Crippen LogP contribution in [0.1, 0.15) is 30.5 Å². The van der Waals surface area contributed by atoms with Gasteiger partial charge in [0.1, 0.15) is 29.3 Å². The van der Waals surface area contributed by atoms with Gasteiger partial charge in [-0.1, -0.05) is 91.0 Å². The van der Waals surface area contributed by atoms with E-state index in [1.807, 2.05) is 97.9 Å². The van der Waals surface area contributed by atoms with E-state index in [1.54, 1.807) is 6.92 Å². The minimum atomic E-state index is -0.597. The van der Waals surface area contributed by atoms with Crippen LogP contribution in [0.25, 0.3) is 0 Å². The highest BCUT2D eigenvalue weighted by Gasteiger charge is 2.51. The van der Waals surface area contributed by atoms with Gasteiger partial charge in [0.15, 0.2) is 5.78 Å². The summed E-state index contributed by atoms with van der Waals surface area (Å²) in [4.78, 5) is 13.0. The first-order valence-corrected chi connectivity index (χ1v) is 14.1. The molecule has 0 spiro atoms. The minimum absolute atomic E-state index is 0.0344. The Morgan fingerprint density at radius 3 is 1.82 bits per heavy atom. The van der Waals surface area contributed by atoms with Gasteiger partial charge in [0.25, 0.3) is 0 Å². The summed E-state index contributed by atoms with van der Waals surface area (Å²) in [5.74, 6) is 0.538. The number of carbonyl (C=O) groups is 1. The van der Waals surface area contributed by atoms with Gasteiger partial charge in [-0.3, -0.25) is 4.79 Å².